The summed E-state index contributed by atoms with van der Waals surface area (Å²) in [5.74, 6) is -0.346. The van der Waals surface area contributed by atoms with Crippen LogP contribution in [0, 0.1) is 10.1 Å². The minimum atomic E-state index is -0.598. The highest BCUT2D eigenvalue weighted by Crippen LogP contribution is 2.35. The highest BCUT2D eigenvalue weighted by molar-refractivity contribution is 8.18. The zero-order valence-corrected chi connectivity index (χ0v) is 20.2. The molecule has 0 bridgehead atoms. The van der Waals surface area contributed by atoms with Gasteiger partial charge in [-0.25, -0.2) is 4.79 Å². The van der Waals surface area contributed by atoms with Crippen molar-refractivity contribution in [3.8, 4) is 11.5 Å². The summed E-state index contributed by atoms with van der Waals surface area (Å²) >= 11 is 7.06. The van der Waals surface area contributed by atoms with Gasteiger partial charge in [0.2, 0.25) is 0 Å². The molecule has 1 aliphatic heterocycles. The number of nitro benzene ring substituents is 1. The predicted molar refractivity (Wildman–Crippen MR) is 134 cm³/mol. The van der Waals surface area contributed by atoms with Crippen LogP contribution in [-0.2, 0) is 11.3 Å². The van der Waals surface area contributed by atoms with Gasteiger partial charge in [0.15, 0.2) is 0 Å². The lowest BCUT2D eigenvalue weighted by molar-refractivity contribution is -0.384. The number of hydrogen-bond acceptors (Lipinski definition) is 8. The van der Waals surface area contributed by atoms with Gasteiger partial charge in [-0.3, -0.25) is 24.6 Å². The van der Waals surface area contributed by atoms with E-state index in [2.05, 4.69) is 0 Å². The van der Waals surface area contributed by atoms with E-state index < -0.39 is 22.0 Å². The smallest absolute Gasteiger partial charge is 0.343 e. The highest BCUT2D eigenvalue weighted by Gasteiger charge is 2.35. The number of halogens is 1. The Balaban J connectivity index is 1.45. The van der Waals surface area contributed by atoms with Gasteiger partial charge >= 0.3 is 5.97 Å². The van der Waals surface area contributed by atoms with Crippen molar-refractivity contribution in [2.24, 2.45) is 0 Å². The number of carbonyl (C=O) groups excluding carboxylic acids is 3. The minimum Gasteiger partial charge on any atom is -0.497 e. The average molecular weight is 525 g/mol. The molecule has 3 aromatic carbocycles. The van der Waals surface area contributed by atoms with Crippen molar-refractivity contribution in [3.63, 3.8) is 0 Å². The number of rotatable bonds is 7. The summed E-state index contributed by atoms with van der Waals surface area (Å²) in [6.45, 7) is -0.0129. The zero-order chi connectivity index (χ0) is 25.8. The molecular weight excluding hydrogens is 508 g/mol. The lowest BCUT2D eigenvalue weighted by atomic mass is 10.1. The van der Waals surface area contributed by atoms with Gasteiger partial charge in [0, 0.05) is 12.1 Å². The van der Waals surface area contributed by atoms with Crippen molar-refractivity contribution in [2.75, 3.05) is 7.11 Å². The fourth-order valence-electron chi connectivity index (χ4n) is 3.27. The van der Waals surface area contributed by atoms with E-state index in [1.54, 1.807) is 30.3 Å². The van der Waals surface area contributed by atoms with Crippen LogP contribution in [0.1, 0.15) is 21.5 Å². The second-order valence-electron chi connectivity index (χ2n) is 7.50. The van der Waals surface area contributed by atoms with E-state index in [0.717, 1.165) is 16.7 Å². The fourth-order valence-corrected chi connectivity index (χ4v) is 4.33. The molecule has 1 fully saturated rings. The van der Waals surface area contributed by atoms with E-state index in [1.165, 1.54) is 49.6 Å². The molecule has 3 aromatic rings. The van der Waals surface area contributed by atoms with E-state index in [1.807, 2.05) is 0 Å². The van der Waals surface area contributed by atoms with Crippen LogP contribution in [-0.4, -0.2) is 34.0 Å². The maximum Gasteiger partial charge on any atom is 0.343 e. The van der Waals surface area contributed by atoms with Gasteiger partial charge < -0.3 is 9.47 Å². The molecule has 182 valence electrons. The van der Waals surface area contributed by atoms with E-state index in [-0.39, 0.29) is 27.9 Å². The minimum absolute atomic E-state index is 0.0129. The van der Waals surface area contributed by atoms with Gasteiger partial charge in [-0.2, -0.15) is 0 Å². The average Bonchev–Trinajstić information content (AvgIpc) is 3.13. The molecule has 36 heavy (non-hydrogen) atoms. The van der Waals surface area contributed by atoms with Crippen molar-refractivity contribution < 1.29 is 28.8 Å². The van der Waals surface area contributed by atoms with Crippen LogP contribution in [0.4, 0.5) is 10.5 Å². The number of nitrogens with zero attached hydrogens (tertiary/aromatic N) is 2. The van der Waals surface area contributed by atoms with Crippen LogP contribution >= 0.6 is 23.4 Å². The Kier molecular flexibility index (Phi) is 7.37. The number of carbonyl (C=O) groups is 3. The molecule has 0 aromatic heterocycles. The summed E-state index contributed by atoms with van der Waals surface area (Å²) in [7, 11) is 1.52. The molecule has 9 nitrogen and oxygen atoms in total. The largest absolute Gasteiger partial charge is 0.497 e. The zero-order valence-electron chi connectivity index (χ0n) is 18.7. The molecular formula is C25H17ClN2O7S. The third-order valence-corrected chi connectivity index (χ3v) is 6.35. The Morgan fingerprint density at radius 2 is 1.78 bits per heavy atom. The molecule has 1 aliphatic rings. The van der Waals surface area contributed by atoms with Gasteiger partial charge in [-0.05, 0) is 65.4 Å². The Morgan fingerprint density at radius 3 is 2.39 bits per heavy atom. The number of esters is 1. The van der Waals surface area contributed by atoms with E-state index in [4.69, 9.17) is 21.1 Å². The number of ether oxygens (including phenoxy) is 2. The number of nitro groups is 1. The van der Waals surface area contributed by atoms with E-state index in [0.29, 0.717) is 22.4 Å². The lowest BCUT2D eigenvalue weighted by Gasteiger charge is -2.12. The van der Waals surface area contributed by atoms with Crippen molar-refractivity contribution in [1.29, 1.82) is 0 Å². The summed E-state index contributed by atoms with van der Waals surface area (Å²) in [6, 6.07) is 16.6. The van der Waals surface area contributed by atoms with Crippen LogP contribution in [0.3, 0.4) is 0 Å². The third kappa shape index (κ3) is 5.56. The topological polar surface area (TPSA) is 116 Å². The van der Waals surface area contributed by atoms with Crippen LogP contribution in [0.2, 0.25) is 5.02 Å². The van der Waals surface area contributed by atoms with Crippen LogP contribution in [0.5, 0.6) is 11.5 Å². The Hall–Kier alpha value is -4.15. The highest BCUT2D eigenvalue weighted by atomic mass is 35.5. The first kappa shape index (κ1) is 25.0. The van der Waals surface area contributed by atoms with E-state index >= 15 is 0 Å². The molecule has 0 aliphatic carbocycles. The van der Waals surface area contributed by atoms with Crippen molar-refractivity contribution in [1.82, 2.24) is 4.90 Å². The van der Waals surface area contributed by atoms with Crippen LogP contribution < -0.4 is 9.47 Å². The maximum atomic E-state index is 12.8. The molecule has 11 heteroatoms. The number of non-ortho nitro benzene ring substituents is 1. The molecule has 0 atom stereocenters. The SMILES string of the molecule is COc1ccc(C(=O)Oc2ccc(/C=C3\SC(=O)N(Cc4ccc([N+](=O)[O-])cc4)C3=O)cc2Cl)cc1. The predicted octanol–water partition coefficient (Wildman–Crippen LogP) is 5.71. The standard InChI is InChI=1S/C25H17ClN2O7S/c1-34-19-9-5-17(6-10-19)24(30)35-21-11-4-16(12-20(21)26)13-22-23(29)27(25(31)36-22)14-15-2-7-18(8-3-15)28(32)33/h2-13H,14H2,1H3/b22-13-. The molecule has 0 N–H and O–H groups in total. The van der Waals surface area contributed by atoms with Crippen LogP contribution in [0.25, 0.3) is 6.08 Å². The van der Waals surface area contributed by atoms with Crippen LogP contribution in [0.15, 0.2) is 71.6 Å². The van der Waals surface area contributed by atoms with Crippen molar-refractivity contribution >= 4 is 52.2 Å². The molecule has 0 spiro atoms. The van der Waals surface area contributed by atoms with Gasteiger partial charge in [-0.15, -0.1) is 0 Å². The quantitative estimate of drug-likeness (QED) is 0.127. The number of methoxy groups -OCH3 is 1. The Labute approximate surface area is 214 Å². The summed E-state index contributed by atoms with van der Waals surface area (Å²) in [5, 5.41) is 10.5. The maximum absolute atomic E-state index is 12.8. The number of imide groups is 1. The fraction of sp³-hybridized carbons (Fsp3) is 0.0800. The molecule has 0 unspecified atom stereocenters. The number of benzene rings is 3. The first-order valence-electron chi connectivity index (χ1n) is 10.4. The van der Waals surface area contributed by atoms with Gasteiger partial charge in [0.1, 0.15) is 11.5 Å². The second kappa shape index (κ2) is 10.6. The molecule has 1 heterocycles. The number of hydrogen-bond donors (Lipinski definition) is 0. The summed E-state index contributed by atoms with van der Waals surface area (Å²) in [5.41, 5.74) is 1.35. The normalized spacial score (nSPS) is 14.3. The Bertz CT molecular complexity index is 1390. The first-order valence-corrected chi connectivity index (χ1v) is 11.6. The third-order valence-electron chi connectivity index (χ3n) is 5.14. The number of thioether (sulfide) groups is 1. The summed E-state index contributed by atoms with van der Waals surface area (Å²) in [4.78, 5) is 49.1. The monoisotopic (exact) mass is 524 g/mol. The van der Waals surface area contributed by atoms with Gasteiger partial charge in [0.05, 0.1) is 34.1 Å². The van der Waals surface area contributed by atoms with Crippen molar-refractivity contribution in [3.05, 3.63) is 103 Å². The number of amides is 2. The molecule has 0 saturated carbocycles. The van der Waals surface area contributed by atoms with Crippen molar-refractivity contribution in [2.45, 2.75) is 6.54 Å². The Morgan fingerprint density at radius 1 is 1.08 bits per heavy atom. The molecule has 1 saturated heterocycles. The first-order chi connectivity index (χ1) is 17.2. The van der Waals surface area contributed by atoms with E-state index in [9.17, 15) is 24.5 Å². The molecule has 0 radical (unpaired) electrons. The molecule has 2 amide bonds. The second-order valence-corrected chi connectivity index (χ2v) is 8.90. The molecule has 4 rings (SSSR count). The summed E-state index contributed by atoms with van der Waals surface area (Å²) < 4.78 is 10.4. The van der Waals surface area contributed by atoms with Gasteiger partial charge in [0.25, 0.3) is 16.8 Å². The lowest BCUT2D eigenvalue weighted by Crippen LogP contribution is -2.27. The van der Waals surface area contributed by atoms with Gasteiger partial charge in [-0.1, -0.05) is 29.8 Å². The summed E-state index contributed by atoms with van der Waals surface area (Å²) in [6.07, 6.45) is 1.52.